The van der Waals surface area contributed by atoms with Crippen LogP contribution < -0.4 is 10.2 Å². The van der Waals surface area contributed by atoms with Gasteiger partial charge in [0.2, 0.25) is 5.95 Å². The maximum atomic E-state index is 12.7. The van der Waals surface area contributed by atoms with Crippen molar-refractivity contribution in [2.75, 3.05) is 16.8 Å². The Hall–Kier alpha value is -3.93. The first-order valence-corrected chi connectivity index (χ1v) is 10.7. The van der Waals surface area contributed by atoms with E-state index in [1.807, 2.05) is 49.4 Å². The molecule has 1 aromatic heterocycles. The predicted octanol–water partition coefficient (Wildman–Crippen LogP) is 5.67. The maximum absolute atomic E-state index is 12.7. The van der Waals surface area contributed by atoms with Gasteiger partial charge in [-0.05, 0) is 47.9 Å². The zero-order chi connectivity index (χ0) is 22.1. The number of carbonyl (C=O) groups excluding carboxylic acids is 1. The molecule has 160 valence electrons. The summed E-state index contributed by atoms with van der Waals surface area (Å²) in [4.78, 5) is 23.3. The number of carbonyl (C=O) groups is 1. The molecule has 0 saturated carbocycles. The fraction of sp³-hybridized carbons (Fsp3) is 0.192. The first-order valence-electron chi connectivity index (χ1n) is 10.7. The number of nitrogens with one attached hydrogen (secondary N) is 1. The molecule has 32 heavy (non-hydrogen) atoms. The summed E-state index contributed by atoms with van der Waals surface area (Å²) in [6, 6.07) is 26.3. The zero-order valence-corrected chi connectivity index (χ0v) is 18.0. The van der Waals surface area contributed by atoms with E-state index in [-0.39, 0.29) is 12.6 Å². The maximum Gasteiger partial charge on any atom is 0.416 e. The van der Waals surface area contributed by atoms with Crippen LogP contribution in [0.5, 0.6) is 0 Å². The van der Waals surface area contributed by atoms with Crippen LogP contribution in [0.1, 0.15) is 31.0 Å². The lowest BCUT2D eigenvalue weighted by atomic mass is 9.92. The van der Waals surface area contributed by atoms with Gasteiger partial charge in [-0.15, -0.1) is 0 Å². The number of fused-ring (bicyclic) bond motifs is 1. The van der Waals surface area contributed by atoms with E-state index >= 15 is 0 Å². The Morgan fingerprint density at radius 3 is 2.56 bits per heavy atom. The highest BCUT2D eigenvalue weighted by Crippen LogP contribution is 2.37. The smallest absolute Gasteiger partial charge is 0.416 e. The molecule has 1 aliphatic rings. The van der Waals surface area contributed by atoms with Gasteiger partial charge < -0.3 is 10.1 Å². The molecule has 1 saturated heterocycles. The molecular formula is C26H24N4O2. The molecule has 4 aromatic rings. The van der Waals surface area contributed by atoms with Gasteiger partial charge in [0.15, 0.2) is 0 Å². The molecule has 1 amide bonds. The molecule has 0 unspecified atom stereocenters. The van der Waals surface area contributed by atoms with Crippen LogP contribution in [-0.2, 0) is 10.3 Å². The number of rotatable bonds is 5. The second kappa shape index (κ2) is 7.96. The number of amides is 1. The minimum absolute atomic E-state index is 0.0131. The summed E-state index contributed by atoms with van der Waals surface area (Å²) in [5.41, 5.74) is 1.48. The molecule has 3 aromatic carbocycles. The monoisotopic (exact) mass is 424 g/mol. The molecule has 0 radical (unpaired) electrons. The standard InChI is InChI=1S/C26H24N4O2/c1-18(20-13-12-19-8-6-7-9-21(19)16-20)28-24-27-15-14-23(29-24)30-25(31)32-17-26(30,2)22-10-4-3-5-11-22/h3-16,18H,17H2,1-2H3,(H,27,28,29)/t18-,26-/m0/s1. The Balaban J connectivity index is 1.43. The van der Waals surface area contributed by atoms with E-state index < -0.39 is 11.6 Å². The van der Waals surface area contributed by atoms with Crippen molar-refractivity contribution in [3.05, 3.63) is 96.2 Å². The lowest BCUT2D eigenvalue weighted by Gasteiger charge is -2.31. The van der Waals surface area contributed by atoms with Gasteiger partial charge in [0.05, 0.1) is 6.04 Å². The summed E-state index contributed by atoms with van der Waals surface area (Å²) in [6.45, 7) is 4.31. The first-order chi connectivity index (χ1) is 15.5. The van der Waals surface area contributed by atoms with E-state index in [4.69, 9.17) is 4.74 Å². The Morgan fingerprint density at radius 2 is 1.75 bits per heavy atom. The van der Waals surface area contributed by atoms with Crippen molar-refractivity contribution in [1.29, 1.82) is 0 Å². The largest absolute Gasteiger partial charge is 0.446 e. The summed E-state index contributed by atoms with van der Waals surface area (Å²) in [6.07, 6.45) is 1.25. The van der Waals surface area contributed by atoms with Gasteiger partial charge in [-0.3, -0.25) is 0 Å². The molecule has 6 heteroatoms. The van der Waals surface area contributed by atoms with Crippen LogP contribution >= 0.6 is 0 Å². The summed E-state index contributed by atoms with van der Waals surface area (Å²) in [5.74, 6) is 0.959. The molecule has 2 heterocycles. The van der Waals surface area contributed by atoms with Crippen LogP contribution in [0.25, 0.3) is 10.8 Å². The molecular weight excluding hydrogens is 400 g/mol. The van der Waals surface area contributed by atoms with Crippen molar-refractivity contribution < 1.29 is 9.53 Å². The lowest BCUT2D eigenvalue weighted by Crippen LogP contribution is -2.42. The van der Waals surface area contributed by atoms with Crippen LogP contribution in [0.4, 0.5) is 16.6 Å². The first kappa shape index (κ1) is 20.0. The number of ether oxygens (including phenoxy) is 1. The molecule has 0 aliphatic carbocycles. The zero-order valence-electron chi connectivity index (χ0n) is 18.0. The highest BCUT2D eigenvalue weighted by molar-refractivity contribution is 5.91. The SMILES string of the molecule is C[C@H](Nc1nccc(N2C(=O)OC[C@@]2(C)c2ccccc2)n1)c1ccc2ccccc2c1. The number of hydrogen-bond donors (Lipinski definition) is 1. The molecule has 0 spiro atoms. The van der Waals surface area contributed by atoms with Crippen molar-refractivity contribution in [3.63, 3.8) is 0 Å². The van der Waals surface area contributed by atoms with Crippen molar-refractivity contribution >= 4 is 28.6 Å². The van der Waals surface area contributed by atoms with Gasteiger partial charge in [0, 0.05) is 6.20 Å². The van der Waals surface area contributed by atoms with Crippen molar-refractivity contribution in [2.24, 2.45) is 0 Å². The van der Waals surface area contributed by atoms with Crippen LogP contribution in [0.2, 0.25) is 0 Å². The molecule has 6 nitrogen and oxygen atoms in total. The summed E-state index contributed by atoms with van der Waals surface area (Å²) >= 11 is 0. The third-order valence-corrected chi connectivity index (χ3v) is 6.04. The van der Waals surface area contributed by atoms with Gasteiger partial charge >= 0.3 is 6.09 Å². The van der Waals surface area contributed by atoms with Gasteiger partial charge in [0.25, 0.3) is 0 Å². The van der Waals surface area contributed by atoms with E-state index in [1.165, 1.54) is 10.8 Å². The summed E-state index contributed by atoms with van der Waals surface area (Å²) in [5, 5.41) is 5.76. The van der Waals surface area contributed by atoms with E-state index in [0.717, 1.165) is 11.1 Å². The number of benzene rings is 3. The second-order valence-electron chi connectivity index (χ2n) is 8.24. The van der Waals surface area contributed by atoms with Crippen LogP contribution in [-0.4, -0.2) is 22.7 Å². The summed E-state index contributed by atoms with van der Waals surface area (Å²) in [7, 11) is 0. The minimum atomic E-state index is -0.645. The van der Waals surface area contributed by atoms with Gasteiger partial charge in [0.1, 0.15) is 18.0 Å². The molecule has 1 N–H and O–H groups in total. The summed E-state index contributed by atoms with van der Waals surface area (Å²) < 4.78 is 5.43. The average Bonchev–Trinajstić information content (AvgIpc) is 3.14. The van der Waals surface area contributed by atoms with E-state index in [9.17, 15) is 4.79 Å². The van der Waals surface area contributed by atoms with Crippen LogP contribution in [0.3, 0.4) is 0 Å². The highest BCUT2D eigenvalue weighted by Gasteiger charge is 2.46. The third-order valence-electron chi connectivity index (χ3n) is 6.04. The quantitative estimate of drug-likeness (QED) is 0.447. The average molecular weight is 425 g/mol. The second-order valence-corrected chi connectivity index (χ2v) is 8.24. The third kappa shape index (κ3) is 3.54. The number of hydrogen-bond acceptors (Lipinski definition) is 5. The number of anilines is 2. The number of cyclic esters (lactones) is 1. The predicted molar refractivity (Wildman–Crippen MR) is 126 cm³/mol. The van der Waals surface area contributed by atoms with Crippen molar-refractivity contribution in [3.8, 4) is 0 Å². The van der Waals surface area contributed by atoms with E-state index in [1.54, 1.807) is 17.2 Å². The Bertz CT molecular complexity index is 1280. The van der Waals surface area contributed by atoms with Gasteiger partial charge in [-0.2, -0.15) is 4.98 Å². The number of aromatic nitrogens is 2. The van der Waals surface area contributed by atoms with Gasteiger partial charge in [-0.1, -0.05) is 66.7 Å². The minimum Gasteiger partial charge on any atom is -0.446 e. The normalized spacial score (nSPS) is 19.1. The van der Waals surface area contributed by atoms with E-state index in [0.29, 0.717) is 11.8 Å². The van der Waals surface area contributed by atoms with Crippen LogP contribution in [0.15, 0.2) is 85.1 Å². The van der Waals surface area contributed by atoms with Crippen molar-refractivity contribution in [1.82, 2.24) is 9.97 Å². The number of nitrogens with zero attached hydrogens (tertiary/aromatic N) is 3. The highest BCUT2D eigenvalue weighted by atomic mass is 16.6. The molecule has 5 rings (SSSR count). The molecule has 1 aliphatic heterocycles. The van der Waals surface area contributed by atoms with Crippen LogP contribution in [0, 0.1) is 0 Å². The van der Waals surface area contributed by atoms with E-state index in [2.05, 4.69) is 52.5 Å². The van der Waals surface area contributed by atoms with Crippen molar-refractivity contribution in [2.45, 2.75) is 25.4 Å². The Kier molecular flexibility index (Phi) is 4.98. The Labute approximate surface area is 186 Å². The fourth-order valence-corrected chi connectivity index (χ4v) is 4.19. The topological polar surface area (TPSA) is 67.4 Å². The van der Waals surface area contributed by atoms with Gasteiger partial charge in [-0.25, -0.2) is 14.7 Å². The molecule has 0 bridgehead atoms. The Morgan fingerprint density at radius 1 is 1.00 bits per heavy atom. The molecule has 2 atom stereocenters. The lowest BCUT2D eigenvalue weighted by molar-refractivity contribution is 0.174. The molecule has 1 fully saturated rings. The fourth-order valence-electron chi connectivity index (χ4n) is 4.19.